The highest BCUT2D eigenvalue weighted by molar-refractivity contribution is 7.79. The van der Waals surface area contributed by atoms with E-state index in [1.54, 1.807) is 29.6 Å². The zero-order valence-electron chi connectivity index (χ0n) is 9.83. The Hall–Kier alpha value is -1.55. The molecule has 0 saturated heterocycles. The molecule has 0 bridgehead atoms. The highest BCUT2D eigenvalue weighted by Gasteiger charge is 2.37. The highest BCUT2D eigenvalue weighted by Crippen LogP contribution is 2.34. The summed E-state index contributed by atoms with van der Waals surface area (Å²) in [6, 6.07) is 7.01. The van der Waals surface area contributed by atoms with E-state index in [2.05, 4.69) is 0 Å². The summed E-state index contributed by atoms with van der Waals surface area (Å²) in [6.07, 6.45) is 2.08. The fourth-order valence-corrected chi connectivity index (χ4v) is 2.67. The van der Waals surface area contributed by atoms with Gasteiger partial charge in [0, 0.05) is 16.8 Å². The van der Waals surface area contributed by atoms with Crippen molar-refractivity contribution in [3.63, 3.8) is 0 Å². The summed E-state index contributed by atoms with van der Waals surface area (Å²) in [5, 5.41) is 10.6. The van der Waals surface area contributed by atoms with Gasteiger partial charge in [0.1, 0.15) is 0 Å². The molecule has 2 atom stereocenters. The molecule has 1 saturated carbocycles. The minimum Gasteiger partial charge on any atom is -0.481 e. The van der Waals surface area contributed by atoms with Crippen molar-refractivity contribution in [1.29, 1.82) is 0 Å². The van der Waals surface area contributed by atoms with Gasteiger partial charge in [-0.3, -0.25) is 9.59 Å². The van der Waals surface area contributed by atoms with Gasteiger partial charge in [-0.1, -0.05) is 42.9 Å². The number of hydrogen-bond donors (Lipinski definition) is 1. The van der Waals surface area contributed by atoms with Crippen LogP contribution in [0.2, 0.25) is 0 Å². The fourth-order valence-electron chi connectivity index (χ4n) is 2.51. The van der Waals surface area contributed by atoms with Crippen molar-refractivity contribution in [1.82, 2.24) is 0 Å². The predicted molar refractivity (Wildman–Crippen MR) is 72.0 cm³/mol. The molecular weight excluding hydrogens is 248 g/mol. The van der Waals surface area contributed by atoms with E-state index < -0.39 is 11.9 Å². The zero-order chi connectivity index (χ0) is 13.1. The summed E-state index contributed by atoms with van der Waals surface area (Å²) >= 11 is 4.80. The van der Waals surface area contributed by atoms with Crippen molar-refractivity contribution in [3.05, 3.63) is 35.4 Å². The van der Waals surface area contributed by atoms with Crippen LogP contribution < -0.4 is 0 Å². The topological polar surface area (TPSA) is 54.4 Å². The third kappa shape index (κ3) is 2.48. The van der Waals surface area contributed by atoms with Gasteiger partial charge in [-0.25, -0.2) is 0 Å². The van der Waals surface area contributed by atoms with E-state index in [0.29, 0.717) is 18.4 Å². The molecule has 1 aliphatic rings. The number of Topliss-reactive ketones (excluding diaryl/α,β-unsaturated/α-hetero) is 1. The Morgan fingerprint density at radius 1 is 1.17 bits per heavy atom. The van der Waals surface area contributed by atoms with Crippen LogP contribution >= 0.6 is 12.2 Å². The molecule has 1 aliphatic carbocycles. The first-order valence-electron chi connectivity index (χ1n) is 5.95. The quantitative estimate of drug-likeness (QED) is 0.669. The molecule has 0 radical (unpaired) electrons. The predicted octanol–water partition coefficient (Wildman–Crippen LogP) is 2.72. The number of rotatable bonds is 4. The van der Waals surface area contributed by atoms with Gasteiger partial charge in [-0.2, -0.15) is 0 Å². The lowest BCUT2D eigenvalue weighted by molar-refractivity contribution is -0.142. The molecular formula is C14H14O3S. The van der Waals surface area contributed by atoms with E-state index in [1.165, 1.54) is 0 Å². The third-order valence-corrected chi connectivity index (χ3v) is 3.77. The average Bonchev–Trinajstić information content (AvgIpc) is 2.87. The van der Waals surface area contributed by atoms with Gasteiger partial charge in [0.2, 0.25) is 0 Å². The van der Waals surface area contributed by atoms with Crippen LogP contribution in [-0.2, 0) is 4.79 Å². The van der Waals surface area contributed by atoms with Crippen LogP contribution in [0, 0.1) is 11.8 Å². The molecule has 0 amide bonds. The lowest BCUT2D eigenvalue weighted by Gasteiger charge is -2.14. The lowest BCUT2D eigenvalue weighted by atomic mass is 9.88. The molecule has 0 spiro atoms. The van der Waals surface area contributed by atoms with Crippen molar-refractivity contribution in [2.45, 2.75) is 19.3 Å². The Morgan fingerprint density at radius 3 is 2.33 bits per heavy atom. The van der Waals surface area contributed by atoms with Crippen LogP contribution in [0.5, 0.6) is 0 Å². The molecule has 18 heavy (non-hydrogen) atoms. The minimum absolute atomic E-state index is 0.0594. The molecule has 94 valence electrons. The van der Waals surface area contributed by atoms with Gasteiger partial charge < -0.3 is 5.11 Å². The standard InChI is InChI=1S/C14H14O3S/c15-13(10-6-4-9(8-18)5-7-10)11-2-1-3-12(11)14(16)17/h4-8,11-12H,1-3H2,(H,16,17)/t11-,12+/m0/s1. The Morgan fingerprint density at radius 2 is 1.78 bits per heavy atom. The minimum atomic E-state index is -0.860. The van der Waals surface area contributed by atoms with Crippen LogP contribution in [0.25, 0.3) is 0 Å². The van der Waals surface area contributed by atoms with E-state index in [0.717, 1.165) is 12.0 Å². The normalized spacial score (nSPS) is 22.7. The number of carboxylic acids is 1. The molecule has 3 nitrogen and oxygen atoms in total. The van der Waals surface area contributed by atoms with Gasteiger partial charge in [-0.05, 0) is 18.4 Å². The number of carboxylic acid groups (broad SMARTS) is 1. The van der Waals surface area contributed by atoms with Gasteiger partial charge in [0.15, 0.2) is 5.78 Å². The van der Waals surface area contributed by atoms with E-state index in [-0.39, 0.29) is 11.7 Å². The Labute approximate surface area is 111 Å². The van der Waals surface area contributed by atoms with Crippen LogP contribution in [0.1, 0.15) is 35.2 Å². The maximum absolute atomic E-state index is 12.3. The molecule has 1 aromatic carbocycles. The summed E-state index contributed by atoms with van der Waals surface area (Å²) in [5.74, 6) is -1.82. The molecule has 1 aromatic rings. The second-order valence-electron chi connectivity index (χ2n) is 4.59. The van der Waals surface area contributed by atoms with Crippen molar-refractivity contribution >= 4 is 29.3 Å². The summed E-state index contributed by atoms with van der Waals surface area (Å²) in [5.41, 5.74) is 1.46. The Bertz CT molecular complexity index is 478. The molecule has 1 fully saturated rings. The summed E-state index contributed by atoms with van der Waals surface area (Å²) in [6.45, 7) is 0. The monoisotopic (exact) mass is 262 g/mol. The first kappa shape index (κ1) is 12.9. The summed E-state index contributed by atoms with van der Waals surface area (Å²) in [7, 11) is 0. The van der Waals surface area contributed by atoms with Crippen molar-refractivity contribution < 1.29 is 14.7 Å². The SMILES string of the molecule is O=C(c1ccc(C=S)cc1)[C@H]1CCC[C@H]1C(=O)O. The fraction of sp³-hybridized carbons (Fsp3) is 0.357. The number of carbonyl (C=O) groups excluding carboxylic acids is 1. The maximum atomic E-state index is 12.3. The summed E-state index contributed by atoms with van der Waals surface area (Å²) in [4.78, 5) is 23.3. The lowest BCUT2D eigenvalue weighted by Crippen LogP contribution is -2.25. The van der Waals surface area contributed by atoms with Crippen LogP contribution in [0.4, 0.5) is 0 Å². The largest absolute Gasteiger partial charge is 0.481 e. The Balaban J connectivity index is 2.19. The first-order chi connectivity index (χ1) is 8.63. The Kier molecular flexibility index (Phi) is 3.87. The van der Waals surface area contributed by atoms with Gasteiger partial charge in [-0.15, -0.1) is 0 Å². The number of ketones is 1. The maximum Gasteiger partial charge on any atom is 0.307 e. The van der Waals surface area contributed by atoms with E-state index in [1.807, 2.05) is 0 Å². The van der Waals surface area contributed by atoms with Gasteiger partial charge in [0.25, 0.3) is 0 Å². The first-order valence-corrected chi connectivity index (χ1v) is 6.43. The van der Waals surface area contributed by atoms with Crippen molar-refractivity contribution in [3.8, 4) is 0 Å². The van der Waals surface area contributed by atoms with Gasteiger partial charge >= 0.3 is 5.97 Å². The second kappa shape index (κ2) is 5.40. The molecule has 0 unspecified atom stereocenters. The number of benzene rings is 1. The third-order valence-electron chi connectivity index (χ3n) is 3.50. The second-order valence-corrected chi connectivity index (χ2v) is 4.82. The molecule has 4 heteroatoms. The van der Waals surface area contributed by atoms with Crippen LogP contribution in [0.3, 0.4) is 0 Å². The molecule has 0 aliphatic heterocycles. The molecule has 0 heterocycles. The zero-order valence-corrected chi connectivity index (χ0v) is 10.7. The van der Waals surface area contributed by atoms with Crippen molar-refractivity contribution in [2.24, 2.45) is 11.8 Å². The number of carbonyl (C=O) groups is 2. The van der Waals surface area contributed by atoms with Crippen LogP contribution in [0.15, 0.2) is 24.3 Å². The summed E-state index contributed by atoms with van der Waals surface area (Å²) < 4.78 is 0. The smallest absolute Gasteiger partial charge is 0.307 e. The highest BCUT2D eigenvalue weighted by atomic mass is 32.1. The van der Waals surface area contributed by atoms with Crippen LogP contribution in [-0.4, -0.2) is 22.2 Å². The molecule has 1 N–H and O–H groups in total. The average molecular weight is 262 g/mol. The molecule has 0 aromatic heterocycles. The van der Waals surface area contributed by atoms with E-state index in [9.17, 15) is 9.59 Å². The van der Waals surface area contributed by atoms with E-state index >= 15 is 0 Å². The van der Waals surface area contributed by atoms with Crippen molar-refractivity contribution in [2.75, 3.05) is 0 Å². The molecule has 2 rings (SSSR count). The van der Waals surface area contributed by atoms with E-state index in [4.69, 9.17) is 17.3 Å². The number of aliphatic carboxylic acids is 1. The van der Waals surface area contributed by atoms with Gasteiger partial charge in [0.05, 0.1) is 5.92 Å². The number of hydrogen-bond acceptors (Lipinski definition) is 3. The number of thiocarbonyl (C=S) groups is 1.